The van der Waals surface area contributed by atoms with Crippen LogP contribution in [-0.4, -0.2) is 22.5 Å². The first-order valence-corrected chi connectivity index (χ1v) is 7.10. The lowest BCUT2D eigenvalue weighted by molar-refractivity contribution is -0.144. The summed E-state index contributed by atoms with van der Waals surface area (Å²) in [6.07, 6.45) is 0.0901. The van der Waals surface area contributed by atoms with E-state index < -0.39 is 16.5 Å². The van der Waals surface area contributed by atoms with Gasteiger partial charge in [0.15, 0.2) is 0 Å². The lowest BCUT2D eigenvalue weighted by Gasteiger charge is -2.25. The fraction of sp³-hybridized carbons (Fsp3) is 0.312. The number of aromatic nitrogens is 2. The molecule has 1 aliphatic carbocycles. The standard InChI is InChI=1S/C16H16N2O4/c1-3-22-11(19)8-16(2)10-7-5-4-6-9(10)12-13(16)18-15(21)14(20)17-12/h4-7H,3,8H2,1-2H3,(H,17,20)(H,18,21). The molecule has 0 bridgehead atoms. The van der Waals surface area contributed by atoms with Gasteiger partial charge in [0.1, 0.15) is 0 Å². The number of fused-ring (bicyclic) bond motifs is 3. The first-order valence-electron chi connectivity index (χ1n) is 7.10. The van der Waals surface area contributed by atoms with Crippen LogP contribution in [0, 0.1) is 0 Å². The molecule has 22 heavy (non-hydrogen) atoms. The van der Waals surface area contributed by atoms with E-state index >= 15 is 0 Å². The Morgan fingerprint density at radius 2 is 1.86 bits per heavy atom. The van der Waals surface area contributed by atoms with E-state index in [1.54, 1.807) is 6.92 Å². The number of H-pyrrole nitrogens is 2. The lowest BCUT2D eigenvalue weighted by atomic mass is 9.80. The maximum absolute atomic E-state index is 12.0. The van der Waals surface area contributed by atoms with Gasteiger partial charge >= 0.3 is 17.1 Å². The Labute approximate surface area is 126 Å². The maximum Gasteiger partial charge on any atom is 0.314 e. The summed E-state index contributed by atoms with van der Waals surface area (Å²) in [5.74, 6) is -0.347. The van der Waals surface area contributed by atoms with Gasteiger partial charge in [-0.3, -0.25) is 14.4 Å². The smallest absolute Gasteiger partial charge is 0.314 e. The second kappa shape index (κ2) is 4.98. The molecule has 0 aliphatic heterocycles. The molecule has 1 aromatic carbocycles. The predicted octanol–water partition coefficient (Wildman–Crippen LogP) is 1.30. The van der Waals surface area contributed by atoms with E-state index in [4.69, 9.17) is 4.74 Å². The molecular formula is C16H16N2O4. The third kappa shape index (κ3) is 1.99. The van der Waals surface area contributed by atoms with Crippen molar-refractivity contribution in [3.05, 3.63) is 56.2 Å². The van der Waals surface area contributed by atoms with Crippen LogP contribution in [0.15, 0.2) is 33.9 Å². The third-order valence-electron chi connectivity index (χ3n) is 4.08. The highest BCUT2D eigenvalue weighted by atomic mass is 16.5. The van der Waals surface area contributed by atoms with Gasteiger partial charge in [-0.25, -0.2) is 0 Å². The zero-order valence-electron chi connectivity index (χ0n) is 12.4. The minimum atomic E-state index is -0.735. The van der Waals surface area contributed by atoms with Gasteiger partial charge in [-0.15, -0.1) is 0 Å². The average Bonchev–Trinajstić information content (AvgIpc) is 2.70. The number of benzene rings is 1. The van der Waals surface area contributed by atoms with E-state index in [2.05, 4.69) is 9.97 Å². The molecule has 2 N–H and O–H groups in total. The summed E-state index contributed by atoms with van der Waals surface area (Å²) < 4.78 is 5.05. The number of aromatic amines is 2. The fourth-order valence-electron chi connectivity index (χ4n) is 3.08. The first-order chi connectivity index (χ1) is 10.5. The number of nitrogens with one attached hydrogen (secondary N) is 2. The summed E-state index contributed by atoms with van der Waals surface area (Å²) >= 11 is 0. The second-order valence-corrected chi connectivity index (χ2v) is 5.52. The van der Waals surface area contributed by atoms with Gasteiger partial charge in [0.2, 0.25) is 0 Å². The molecule has 0 fully saturated rings. The van der Waals surface area contributed by atoms with Crippen LogP contribution in [0.4, 0.5) is 0 Å². The Hall–Kier alpha value is -2.63. The Balaban J connectivity index is 2.24. The molecule has 1 heterocycles. The number of esters is 1. The van der Waals surface area contributed by atoms with Crippen LogP contribution in [-0.2, 0) is 14.9 Å². The number of carbonyl (C=O) groups is 1. The Bertz CT molecular complexity index is 865. The van der Waals surface area contributed by atoms with Gasteiger partial charge in [0, 0.05) is 11.0 Å². The molecule has 0 spiro atoms. The highest BCUT2D eigenvalue weighted by Gasteiger charge is 2.43. The predicted molar refractivity (Wildman–Crippen MR) is 80.8 cm³/mol. The molecule has 6 heteroatoms. The van der Waals surface area contributed by atoms with Crippen LogP contribution in [0.2, 0.25) is 0 Å². The highest BCUT2D eigenvalue weighted by molar-refractivity contribution is 5.81. The van der Waals surface area contributed by atoms with Crippen molar-refractivity contribution in [2.24, 2.45) is 0 Å². The lowest BCUT2D eigenvalue weighted by Crippen LogP contribution is -2.35. The van der Waals surface area contributed by atoms with Gasteiger partial charge in [-0.05, 0) is 19.4 Å². The molecule has 114 valence electrons. The SMILES string of the molecule is CCOC(=O)CC1(C)c2ccccc2-c2[nH]c(=O)c(=O)[nH]c21. The van der Waals surface area contributed by atoms with Crippen LogP contribution in [0.3, 0.4) is 0 Å². The number of hydrogen-bond donors (Lipinski definition) is 2. The van der Waals surface area contributed by atoms with Gasteiger partial charge in [-0.2, -0.15) is 0 Å². The summed E-state index contributed by atoms with van der Waals surface area (Å²) in [6.45, 7) is 3.91. The van der Waals surface area contributed by atoms with Crippen molar-refractivity contribution in [2.75, 3.05) is 6.61 Å². The number of hydrogen-bond acceptors (Lipinski definition) is 4. The summed E-state index contributed by atoms with van der Waals surface area (Å²) in [6, 6.07) is 7.47. The second-order valence-electron chi connectivity index (χ2n) is 5.52. The maximum atomic E-state index is 12.0. The van der Waals surface area contributed by atoms with Crippen molar-refractivity contribution < 1.29 is 9.53 Å². The van der Waals surface area contributed by atoms with Crippen molar-refractivity contribution in [2.45, 2.75) is 25.7 Å². The van der Waals surface area contributed by atoms with E-state index in [1.165, 1.54) is 0 Å². The zero-order valence-corrected chi connectivity index (χ0v) is 12.4. The molecule has 0 saturated carbocycles. The zero-order chi connectivity index (χ0) is 15.9. The molecule has 1 aliphatic rings. The molecule has 3 rings (SSSR count). The van der Waals surface area contributed by atoms with Gasteiger partial charge in [-0.1, -0.05) is 24.3 Å². The van der Waals surface area contributed by atoms with E-state index in [0.717, 1.165) is 11.1 Å². The summed E-state index contributed by atoms with van der Waals surface area (Å²) in [4.78, 5) is 40.6. The van der Waals surface area contributed by atoms with Crippen molar-refractivity contribution in [3.8, 4) is 11.3 Å². The number of ether oxygens (including phenoxy) is 1. The quantitative estimate of drug-likeness (QED) is 0.660. The molecule has 1 aromatic heterocycles. The van der Waals surface area contributed by atoms with Gasteiger partial charge in [0.05, 0.1) is 24.4 Å². The van der Waals surface area contributed by atoms with Crippen molar-refractivity contribution in [1.82, 2.24) is 9.97 Å². The summed E-state index contributed by atoms with van der Waals surface area (Å²) in [5.41, 5.74) is 0.656. The van der Waals surface area contributed by atoms with Gasteiger partial charge in [0.25, 0.3) is 0 Å². The number of rotatable bonds is 3. The first kappa shape index (κ1) is 14.3. The van der Waals surface area contributed by atoms with Crippen LogP contribution in [0.1, 0.15) is 31.5 Å². The van der Waals surface area contributed by atoms with E-state index in [0.29, 0.717) is 18.0 Å². The Morgan fingerprint density at radius 1 is 1.18 bits per heavy atom. The normalized spacial score (nSPS) is 18.6. The van der Waals surface area contributed by atoms with E-state index in [9.17, 15) is 14.4 Å². The molecule has 6 nitrogen and oxygen atoms in total. The molecule has 1 atom stereocenters. The topological polar surface area (TPSA) is 92.0 Å². The molecular weight excluding hydrogens is 284 g/mol. The molecule has 1 unspecified atom stereocenters. The number of carbonyl (C=O) groups excluding carboxylic acids is 1. The highest BCUT2D eigenvalue weighted by Crippen LogP contribution is 2.47. The average molecular weight is 300 g/mol. The molecule has 0 amide bonds. The Morgan fingerprint density at radius 3 is 2.59 bits per heavy atom. The van der Waals surface area contributed by atoms with E-state index in [1.807, 2.05) is 31.2 Å². The third-order valence-corrected chi connectivity index (χ3v) is 4.08. The van der Waals surface area contributed by atoms with Gasteiger partial charge < -0.3 is 14.7 Å². The van der Waals surface area contributed by atoms with Crippen molar-refractivity contribution in [3.63, 3.8) is 0 Å². The van der Waals surface area contributed by atoms with Crippen LogP contribution >= 0.6 is 0 Å². The monoisotopic (exact) mass is 300 g/mol. The fourth-order valence-corrected chi connectivity index (χ4v) is 3.08. The van der Waals surface area contributed by atoms with Crippen molar-refractivity contribution in [1.29, 1.82) is 0 Å². The largest absolute Gasteiger partial charge is 0.466 e. The summed E-state index contributed by atoms with van der Waals surface area (Å²) in [5, 5.41) is 0. The summed E-state index contributed by atoms with van der Waals surface area (Å²) in [7, 11) is 0. The van der Waals surface area contributed by atoms with Crippen LogP contribution in [0.5, 0.6) is 0 Å². The van der Waals surface area contributed by atoms with Crippen molar-refractivity contribution >= 4 is 5.97 Å². The minimum absolute atomic E-state index is 0.0901. The molecule has 0 radical (unpaired) electrons. The van der Waals surface area contributed by atoms with Crippen LogP contribution < -0.4 is 11.1 Å². The Kier molecular flexibility index (Phi) is 3.24. The van der Waals surface area contributed by atoms with E-state index in [-0.39, 0.29) is 12.4 Å². The van der Waals surface area contributed by atoms with Crippen LogP contribution in [0.25, 0.3) is 11.3 Å². The molecule has 0 saturated heterocycles. The minimum Gasteiger partial charge on any atom is -0.466 e. The molecule has 2 aromatic rings.